The van der Waals surface area contributed by atoms with E-state index in [1.165, 1.54) is 18.2 Å². The predicted octanol–water partition coefficient (Wildman–Crippen LogP) is 4.89. The third-order valence-electron chi connectivity index (χ3n) is 4.29. The molecule has 0 spiro atoms. The van der Waals surface area contributed by atoms with Crippen LogP contribution in [0.15, 0.2) is 48.5 Å². The number of anilines is 2. The second-order valence-corrected chi connectivity index (χ2v) is 5.93. The van der Waals surface area contributed by atoms with Gasteiger partial charge in [-0.15, -0.1) is 0 Å². The number of nitrogens with zero attached hydrogens (tertiary/aromatic N) is 1. The van der Waals surface area contributed by atoms with Gasteiger partial charge in [0.15, 0.2) is 5.69 Å². The molecule has 1 N–H and O–H groups in total. The summed E-state index contributed by atoms with van der Waals surface area (Å²) in [6.07, 6.45) is 1.92. The molecule has 0 bridgehead atoms. The fourth-order valence-electron chi connectivity index (χ4n) is 2.83. The number of esters is 1. The maximum Gasteiger partial charge on any atom is 0.356 e. The molecule has 1 heterocycles. The number of aryl methyl sites for hydroxylation is 2. The normalized spacial score (nSPS) is 10.7. The Morgan fingerprint density at radius 3 is 2.52 bits per heavy atom. The van der Waals surface area contributed by atoms with Crippen LogP contribution in [-0.4, -0.2) is 18.1 Å². The van der Waals surface area contributed by atoms with E-state index in [0.717, 1.165) is 35.1 Å². The smallest absolute Gasteiger partial charge is 0.356 e. The summed E-state index contributed by atoms with van der Waals surface area (Å²) in [7, 11) is 1.37. The quantitative estimate of drug-likeness (QED) is 0.675. The number of fused-ring (bicyclic) bond motifs is 1. The molecule has 3 aromatic rings. The Labute approximate surface area is 147 Å². The van der Waals surface area contributed by atoms with Crippen LogP contribution in [0.3, 0.4) is 0 Å². The van der Waals surface area contributed by atoms with E-state index in [1.54, 1.807) is 6.07 Å². The highest BCUT2D eigenvalue weighted by atomic mass is 16.5. The van der Waals surface area contributed by atoms with Crippen LogP contribution in [0.25, 0.3) is 10.9 Å². The molecular formula is C21H22N2O2. The fraction of sp³-hybridized carbons (Fsp3) is 0.238. The van der Waals surface area contributed by atoms with Crippen molar-refractivity contribution in [2.24, 2.45) is 0 Å². The molecular weight excluding hydrogens is 312 g/mol. The maximum absolute atomic E-state index is 12.0. The molecule has 0 aliphatic carbocycles. The zero-order valence-corrected chi connectivity index (χ0v) is 14.8. The van der Waals surface area contributed by atoms with Crippen LogP contribution in [0.5, 0.6) is 0 Å². The minimum Gasteiger partial charge on any atom is -0.464 e. The van der Waals surface area contributed by atoms with Gasteiger partial charge in [-0.2, -0.15) is 0 Å². The SMILES string of the molecule is CCc1cccc(Nc2cc(C(=O)OC)nc3ccc(CC)cc23)c1. The highest BCUT2D eigenvalue weighted by molar-refractivity contribution is 5.99. The maximum atomic E-state index is 12.0. The molecule has 0 unspecified atom stereocenters. The van der Waals surface area contributed by atoms with Crippen molar-refractivity contribution in [2.45, 2.75) is 26.7 Å². The van der Waals surface area contributed by atoms with Crippen LogP contribution >= 0.6 is 0 Å². The Hall–Kier alpha value is -2.88. The van der Waals surface area contributed by atoms with E-state index < -0.39 is 5.97 Å². The second kappa shape index (κ2) is 7.34. The lowest BCUT2D eigenvalue weighted by Gasteiger charge is -2.13. The van der Waals surface area contributed by atoms with Gasteiger partial charge < -0.3 is 10.1 Å². The summed E-state index contributed by atoms with van der Waals surface area (Å²) in [4.78, 5) is 16.4. The van der Waals surface area contributed by atoms with Gasteiger partial charge in [-0.05, 0) is 54.3 Å². The highest BCUT2D eigenvalue weighted by Crippen LogP contribution is 2.28. The molecule has 0 saturated heterocycles. The Balaban J connectivity index is 2.13. The molecule has 3 rings (SSSR count). The first kappa shape index (κ1) is 17.0. The number of methoxy groups -OCH3 is 1. The zero-order chi connectivity index (χ0) is 17.8. The van der Waals surface area contributed by atoms with Crippen molar-refractivity contribution in [1.29, 1.82) is 0 Å². The minimum atomic E-state index is -0.438. The zero-order valence-electron chi connectivity index (χ0n) is 14.8. The number of carbonyl (C=O) groups excluding carboxylic acids is 1. The van der Waals surface area contributed by atoms with E-state index in [9.17, 15) is 4.79 Å². The molecule has 128 valence electrons. The van der Waals surface area contributed by atoms with Gasteiger partial charge in [0, 0.05) is 11.1 Å². The van der Waals surface area contributed by atoms with Gasteiger partial charge >= 0.3 is 5.97 Å². The van der Waals surface area contributed by atoms with Crippen molar-refractivity contribution < 1.29 is 9.53 Å². The van der Waals surface area contributed by atoms with Crippen LogP contribution in [0.1, 0.15) is 35.5 Å². The molecule has 0 radical (unpaired) electrons. The topological polar surface area (TPSA) is 51.2 Å². The first-order chi connectivity index (χ1) is 12.1. The van der Waals surface area contributed by atoms with Gasteiger partial charge in [-0.3, -0.25) is 0 Å². The average Bonchev–Trinajstić information content (AvgIpc) is 2.67. The lowest BCUT2D eigenvalue weighted by atomic mass is 10.1. The lowest BCUT2D eigenvalue weighted by molar-refractivity contribution is 0.0594. The van der Waals surface area contributed by atoms with E-state index in [1.807, 2.05) is 24.3 Å². The number of benzene rings is 2. The Morgan fingerprint density at radius 1 is 1.04 bits per heavy atom. The third-order valence-corrected chi connectivity index (χ3v) is 4.29. The summed E-state index contributed by atoms with van der Waals surface area (Å²) in [6.45, 7) is 4.25. The van der Waals surface area contributed by atoms with Crippen molar-refractivity contribution in [3.63, 3.8) is 0 Å². The monoisotopic (exact) mass is 334 g/mol. The molecule has 0 fully saturated rings. The number of rotatable bonds is 5. The summed E-state index contributed by atoms with van der Waals surface area (Å²) in [5.41, 5.74) is 5.40. The third kappa shape index (κ3) is 3.63. The molecule has 0 atom stereocenters. The summed E-state index contributed by atoms with van der Waals surface area (Å²) >= 11 is 0. The number of nitrogens with one attached hydrogen (secondary N) is 1. The van der Waals surface area contributed by atoms with Gasteiger partial charge in [0.1, 0.15) is 0 Å². The predicted molar refractivity (Wildman–Crippen MR) is 102 cm³/mol. The summed E-state index contributed by atoms with van der Waals surface area (Å²) in [5, 5.41) is 4.44. The molecule has 0 amide bonds. The summed E-state index contributed by atoms with van der Waals surface area (Å²) in [6, 6.07) is 16.1. The van der Waals surface area contributed by atoms with Crippen molar-refractivity contribution in [1.82, 2.24) is 4.98 Å². The van der Waals surface area contributed by atoms with Gasteiger partial charge in [0.05, 0.1) is 18.3 Å². The average molecular weight is 334 g/mol. The number of hydrogen-bond acceptors (Lipinski definition) is 4. The van der Waals surface area contributed by atoms with E-state index >= 15 is 0 Å². The van der Waals surface area contributed by atoms with Crippen molar-refractivity contribution >= 4 is 28.2 Å². The molecule has 1 aromatic heterocycles. The van der Waals surface area contributed by atoms with Crippen LogP contribution in [0, 0.1) is 0 Å². The van der Waals surface area contributed by atoms with Crippen LogP contribution in [0.4, 0.5) is 11.4 Å². The molecule has 0 aliphatic heterocycles. The molecule has 2 aromatic carbocycles. The van der Waals surface area contributed by atoms with Gasteiger partial charge in [0.2, 0.25) is 0 Å². The van der Waals surface area contributed by atoms with Crippen LogP contribution in [0.2, 0.25) is 0 Å². The number of carbonyl (C=O) groups is 1. The Morgan fingerprint density at radius 2 is 1.80 bits per heavy atom. The van der Waals surface area contributed by atoms with Crippen molar-refractivity contribution in [2.75, 3.05) is 12.4 Å². The largest absolute Gasteiger partial charge is 0.464 e. The van der Waals surface area contributed by atoms with Crippen molar-refractivity contribution in [3.05, 3.63) is 65.4 Å². The van der Waals surface area contributed by atoms with Crippen molar-refractivity contribution in [3.8, 4) is 0 Å². The molecule has 0 saturated carbocycles. The van der Waals surface area contributed by atoms with Gasteiger partial charge in [-0.1, -0.05) is 32.0 Å². The van der Waals surface area contributed by atoms with E-state index in [0.29, 0.717) is 5.69 Å². The van der Waals surface area contributed by atoms with E-state index in [4.69, 9.17) is 4.74 Å². The minimum absolute atomic E-state index is 0.299. The fourth-order valence-corrected chi connectivity index (χ4v) is 2.83. The van der Waals surface area contributed by atoms with E-state index in [2.05, 4.69) is 42.3 Å². The lowest BCUT2D eigenvalue weighted by Crippen LogP contribution is -2.06. The van der Waals surface area contributed by atoms with Crippen LogP contribution in [-0.2, 0) is 17.6 Å². The number of ether oxygens (including phenoxy) is 1. The van der Waals surface area contributed by atoms with Crippen LogP contribution < -0.4 is 5.32 Å². The summed E-state index contributed by atoms with van der Waals surface area (Å²) in [5.74, 6) is -0.438. The van der Waals surface area contributed by atoms with Gasteiger partial charge in [-0.25, -0.2) is 9.78 Å². The number of aromatic nitrogens is 1. The first-order valence-electron chi connectivity index (χ1n) is 8.52. The number of hydrogen-bond donors (Lipinski definition) is 1. The Kier molecular flexibility index (Phi) is 4.98. The molecule has 4 heteroatoms. The first-order valence-corrected chi connectivity index (χ1v) is 8.52. The standard InChI is InChI=1S/C21H22N2O2/c1-4-14-7-6-8-16(11-14)22-19-13-20(21(24)25-3)23-18-10-9-15(5-2)12-17(18)19/h6-13H,4-5H2,1-3H3,(H,22,23). The Bertz CT molecular complexity index is 919. The highest BCUT2D eigenvalue weighted by Gasteiger charge is 2.13. The van der Waals surface area contributed by atoms with E-state index in [-0.39, 0.29) is 0 Å². The molecule has 25 heavy (non-hydrogen) atoms. The number of pyridine rings is 1. The molecule has 4 nitrogen and oxygen atoms in total. The molecule has 0 aliphatic rings. The van der Waals surface area contributed by atoms with Gasteiger partial charge in [0.25, 0.3) is 0 Å². The summed E-state index contributed by atoms with van der Waals surface area (Å²) < 4.78 is 4.84. The second-order valence-electron chi connectivity index (χ2n) is 5.93.